The van der Waals surface area contributed by atoms with Crippen molar-refractivity contribution in [1.82, 2.24) is 10.1 Å². The van der Waals surface area contributed by atoms with Gasteiger partial charge in [0, 0.05) is 23.9 Å². The Hall–Kier alpha value is -1.82. The van der Waals surface area contributed by atoms with Crippen LogP contribution in [0.1, 0.15) is 32.5 Å². The summed E-state index contributed by atoms with van der Waals surface area (Å²) < 4.78 is 5.22. The summed E-state index contributed by atoms with van der Waals surface area (Å²) in [7, 11) is 0. The van der Waals surface area contributed by atoms with Gasteiger partial charge in [0.15, 0.2) is 5.82 Å². The molecule has 0 aliphatic heterocycles. The van der Waals surface area contributed by atoms with E-state index in [4.69, 9.17) is 4.52 Å². The van der Waals surface area contributed by atoms with Gasteiger partial charge in [-0.15, -0.1) is 11.8 Å². The number of thioether (sulfide) groups is 1. The Bertz CT molecular complexity index is 593. The van der Waals surface area contributed by atoms with E-state index in [1.807, 2.05) is 24.3 Å². The molecule has 1 aromatic heterocycles. The van der Waals surface area contributed by atoms with Gasteiger partial charge in [-0.3, -0.25) is 4.79 Å². The molecule has 21 heavy (non-hydrogen) atoms. The highest BCUT2D eigenvalue weighted by atomic mass is 32.2. The third-order valence-electron chi connectivity index (χ3n) is 2.64. The molecular formula is C15H19N3O2S. The van der Waals surface area contributed by atoms with Gasteiger partial charge < -0.3 is 9.84 Å². The number of nitrogens with zero attached hydrogens (tertiary/aromatic N) is 2. The molecule has 2 aromatic rings. The van der Waals surface area contributed by atoms with E-state index in [-0.39, 0.29) is 5.91 Å². The molecule has 0 saturated heterocycles. The zero-order chi connectivity index (χ0) is 15.2. The Morgan fingerprint density at radius 1 is 1.33 bits per heavy atom. The summed E-state index contributed by atoms with van der Waals surface area (Å²) in [6, 6.07) is 7.67. The summed E-state index contributed by atoms with van der Waals surface area (Å²) in [6.07, 6.45) is 0.833. The topological polar surface area (TPSA) is 68.0 Å². The van der Waals surface area contributed by atoms with Crippen LogP contribution in [0.2, 0.25) is 0 Å². The molecule has 2 rings (SSSR count). The van der Waals surface area contributed by atoms with Crippen LogP contribution in [0.5, 0.6) is 0 Å². The minimum Gasteiger partial charge on any atom is -0.338 e. The number of nitrogens with one attached hydrogen (secondary N) is 1. The predicted molar refractivity (Wildman–Crippen MR) is 83.1 cm³/mol. The highest BCUT2D eigenvalue weighted by molar-refractivity contribution is 7.98. The van der Waals surface area contributed by atoms with E-state index in [1.54, 1.807) is 11.8 Å². The first-order valence-electron chi connectivity index (χ1n) is 6.85. The fraction of sp³-hybridized carbons (Fsp3) is 0.400. The Labute approximate surface area is 128 Å². The molecule has 1 N–H and O–H groups in total. The monoisotopic (exact) mass is 305 g/mol. The van der Waals surface area contributed by atoms with Gasteiger partial charge in [0.1, 0.15) is 0 Å². The van der Waals surface area contributed by atoms with Gasteiger partial charge in [0.05, 0.1) is 5.75 Å². The Morgan fingerprint density at radius 2 is 2.05 bits per heavy atom. The van der Waals surface area contributed by atoms with E-state index in [9.17, 15) is 4.79 Å². The lowest BCUT2D eigenvalue weighted by Crippen LogP contribution is -2.05. The summed E-state index contributed by atoms with van der Waals surface area (Å²) >= 11 is 1.62. The number of carbonyl (C=O) groups excluding carboxylic acids is 1. The van der Waals surface area contributed by atoms with Crippen LogP contribution in [0.15, 0.2) is 33.7 Å². The number of benzene rings is 1. The van der Waals surface area contributed by atoms with Crippen LogP contribution in [-0.2, 0) is 17.0 Å². The van der Waals surface area contributed by atoms with Crippen molar-refractivity contribution in [2.45, 2.75) is 37.8 Å². The maximum atomic E-state index is 10.9. The van der Waals surface area contributed by atoms with Crippen molar-refractivity contribution in [2.75, 3.05) is 5.32 Å². The normalized spacial score (nSPS) is 10.9. The molecule has 0 aliphatic carbocycles. The average molecular weight is 305 g/mol. The second-order valence-corrected chi connectivity index (χ2v) is 6.25. The molecule has 1 aromatic carbocycles. The van der Waals surface area contributed by atoms with Crippen LogP contribution in [0.25, 0.3) is 0 Å². The second-order valence-electron chi connectivity index (χ2n) is 5.20. The maximum absolute atomic E-state index is 10.9. The van der Waals surface area contributed by atoms with Gasteiger partial charge >= 0.3 is 0 Å². The molecule has 0 saturated carbocycles. The van der Waals surface area contributed by atoms with E-state index in [0.29, 0.717) is 17.6 Å². The van der Waals surface area contributed by atoms with Crippen LogP contribution in [-0.4, -0.2) is 16.0 Å². The summed E-state index contributed by atoms with van der Waals surface area (Å²) in [5.41, 5.74) is 0.795. The van der Waals surface area contributed by atoms with E-state index >= 15 is 0 Å². The standard InChI is InChI=1S/C15H19N3O2S/c1-10(2)8-14-17-15(20-18-14)9-21-13-6-4-12(5-7-13)16-11(3)19/h4-7,10H,8-9H2,1-3H3,(H,16,19). The molecule has 0 radical (unpaired) electrons. The van der Waals surface area contributed by atoms with Crippen molar-refractivity contribution in [3.63, 3.8) is 0 Å². The van der Waals surface area contributed by atoms with E-state index < -0.39 is 0 Å². The molecule has 0 atom stereocenters. The molecule has 0 fully saturated rings. The smallest absolute Gasteiger partial charge is 0.237 e. The van der Waals surface area contributed by atoms with Crippen molar-refractivity contribution in [3.8, 4) is 0 Å². The van der Waals surface area contributed by atoms with Crippen molar-refractivity contribution >= 4 is 23.4 Å². The van der Waals surface area contributed by atoms with Crippen molar-refractivity contribution < 1.29 is 9.32 Å². The minimum absolute atomic E-state index is 0.0704. The lowest BCUT2D eigenvalue weighted by molar-refractivity contribution is -0.114. The lowest BCUT2D eigenvalue weighted by atomic mass is 10.1. The number of rotatable bonds is 6. The Balaban J connectivity index is 1.87. The van der Waals surface area contributed by atoms with E-state index in [1.165, 1.54) is 6.92 Å². The molecular weight excluding hydrogens is 286 g/mol. The van der Waals surface area contributed by atoms with Crippen LogP contribution >= 0.6 is 11.8 Å². The number of hydrogen-bond acceptors (Lipinski definition) is 5. The van der Waals surface area contributed by atoms with Crippen LogP contribution < -0.4 is 5.32 Å². The first-order valence-corrected chi connectivity index (χ1v) is 7.83. The molecule has 1 amide bonds. The van der Waals surface area contributed by atoms with Crippen molar-refractivity contribution in [2.24, 2.45) is 5.92 Å². The van der Waals surface area contributed by atoms with Crippen molar-refractivity contribution in [1.29, 1.82) is 0 Å². The molecule has 1 heterocycles. The zero-order valence-electron chi connectivity index (χ0n) is 12.4. The summed E-state index contributed by atoms with van der Waals surface area (Å²) in [6.45, 7) is 5.75. The molecule has 112 valence electrons. The van der Waals surface area contributed by atoms with Gasteiger partial charge in [-0.05, 0) is 30.2 Å². The Kier molecular flexibility index (Phi) is 5.38. The maximum Gasteiger partial charge on any atom is 0.237 e. The molecule has 0 bridgehead atoms. The number of carbonyl (C=O) groups is 1. The van der Waals surface area contributed by atoms with Crippen LogP contribution in [0.3, 0.4) is 0 Å². The first-order chi connectivity index (χ1) is 10.0. The highest BCUT2D eigenvalue weighted by Crippen LogP contribution is 2.23. The van der Waals surface area contributed by atoms with Gasteiger partial charge in [-0.25, -0.2) is 0 Å². The first kappa shape index (κ1) is 15.6. The van der Waals surface area contributed by atoms with Crippen LogP contribution in [0, 0.1) is 5.92 Å². The third kappa shape index (κ3) is 5.23. The van der Waals surface area contributed by atoms with E-state index in [2.05, 4.69) is 29.3 Å². The molecule has 0 spiro atoms. The highest BCUT2D eigenvalue weighted by Gasteiger charge is 2.08. The molecule has 5 nitrogen and oxygen atoms in total. The quantitative estimate of drug-likeness (QED) is 0.827. The summed E-state index contributed by atoms with van der Waals surface area (Å²) in [4.78, 5) is 16.4. The number of aromatic nitrogens is 2. The average Bonchev–Trinajstić information content (AvgIpc) is 2.84. The second kappa shape index (κ2) is 7.26. The predicted octanol–water partition coefficient (Wildman–Crippen LogP) is 3.52. The minimum atomic E-state index is -0.0704. The van der Waals surface area contributed by atoms with Crippen molar-refractivity contribution in [3.05, 3.63) is 36.0 Å². The fourth-order valence-electron chi connectivity index (χ4n) is 1.78. The summed E-state index contributed by atoms with van der Waals surface area (Å²) in [5.74, 6) is 2.50. The van der Waals surface area contributed by atoms with Gasteiger partial charge in [0.2, 0.25) is 11.8 Å². The van der Waals surface area contributed by atoms with Gasteiger partial charge in [0.25, 0.3) is 0 Å². The van der Waals surface area contributed by atoms with Crippen LogP contribution in [0.4, 0.5) is 5.69 Å². The molecule has 0 aliphatic rings. The van der Waals surface area contributed by atoms with Gasteiger partial charge in [-0.1, -0.05) is 19.0 Å². The number of hydrogen-bond donors (Lipinski definition) is 1. The Morgan fingerprint density at radius 3 is 2.67 bits per heavy atom. The molecule has 0 unspecified atom stereocenters. The largest absolute Gasteiger partial charge is 0.338 e. The number of anilines is 1. The fourth-order valence-corrected chi connectivity index (χ4v) is 2.52. The molecule has 6 heteroatoms. The van der Waals surface area contributed by atoms with Gasteiger partial charge in [-0.2, -0.15) is 4.98 Å². The third-order valence-corrected chi connectivity index (χ3v) is 3.63. The lowest BCUT2D eigenvalue weighted by Gasteiger charge is -2.03. The zero-order valence-corrected chi connectivity index (χ0v) is 13.2. The number of amides is 1. The van der Waals surface area contributed by atoms with E-state index in [0.717, 1.165) is 22.8 Å². The summed E-state index contributed by atoms with van der Waals surface area (Å²) in [5, 5.41) is 6.71. The SMILES string of the molecule is CC(=O)Nc1ccc(SCc2nc(CC(C)C)no2)cc1.